The summed E-state index contributed by atoms with van der Waals surface area (Å²) in [5.74, 6) is -3.93. The van der Waals surface area contributed by atoms with Crippen LogP contribution in [0.25, 0.3) is 0 Å². The summed E-state index contributed by atoms with van der Waals surface area (Å²) in [6, 6.07) is 34.5. The van der Waals surface area contributed by atoms with Crippen molar-refractivity contribution >= 4 is 85.0 Å². The van der Waals surface area contributed by atoms with Crippen LogP contribution in [0.5, 0.6) is 0 Å². The molecule has 0 aromatic heterocycles. The number of carbonyl (C=O) groups excluding carboxylic acids is 9. The smallest absolute Gasteiger partial charge is 0.411 e. The molecule has 6 heterocycles. The number of carbonyl (C=O) groups is 12. The number of hydrogen-bond donors (Lipinski definition) is 7. The normalized spacial score (nSPS) is 19.0. The second-order valence-electron chi connectivity index (χ2n) is 33.0. The number of esters is 1. The number of hydrogen-bond acceptors (Lipinski definition) is 25. The Morgan fingerprint density at radius 1 is 0.352 bits per heavy atom. The van der Waals surface area contributed by atoms with Crippen LogP contribution in [0.15, 0.2) is 121 Å². The summed E-state index contributed by atoms with van der Waals surface area (Å²) in [5, 5.41) is 51.8. The Morgan fingerprint density at radius 2 is 0.672 bits per heavy atom. The molecule has 6 aliphatic heterocycles. The molecule has 10 rings (SSSR count). The molecule has 6 atom stereocenters. The van der Waals surface area contributed by atoms with Gasteiger partial charge in [-0.3, -0.25) is 24.3 Å². The first-order valence-electron chi connectivity index (χ1n) is 40.3. The first-order valence-corrected chi connectivity index (χ1v) is 40.3. The molecule has 4 aromatic carbocycles. The van der Waals surface area contributed by atoms with Crippen LogP contribution in [0.3, 0.4) is 0 Å². The van der Waals surface area contributed by atoms with Crippen molar-refractivity contribution in [1.29, 1.82) is 0 Å². The Kier molecular flexibility index (Phi) is 43.3. The van der Waals surface area contributed by atoms with Gasteiger partial charge in [-0.2, -0.15) is 0 Å². The number of aliphatic hydroxyl groups excluding tert-OH is 2. The van der Waals surface area contributed by atoms with Gasteiger partial charge in [0.1, 0.15) is 48.8 Å². The van der Waals surface area contributed by atoms with Crippen molar-refractivity contribution in [2.75, 3.05) is 125 Å². The minimum absolute atomic E-state index is 0. The predicted octanol–water partition coefficient (Wildman–Crippen LogP) is 9.78. The highest BCUT2D eigenvalue weighted by Crippen LogP contribution is 2.24. The molecule has 0 radical (unpaired) electrons. The summed E-state index contributed by atoms with van der Waals surface area (Å²) in [4.78, 5) is 153. The number of amides is 8. The van der Waals surface area contributed by atoms with Crippen molar-refractivity contribution in [2.45, 2.75) is 182 Å². The molecule has 4 aromatic rings. The summed E-state index contributed by atoms with van der Waals surface area (Å²) >= 11 is 0. The lowest BCUT2D eigenvalue weighted by Gasteiger charge is -2.40. The van der Waals surface area contributed by atoms with Crippen LogP contribution in [-0.4, -0.2) is 309 Å². The van der Waals surface area contributed by atoms with Crippen LogP contribution < -0.4 is 10.6 Å². The number of likely N-dealkylation sites (tertiary alicyclic amines) is 1. The van der Waals surface area contributed by atoms with Gasteiger partial charge in [0.2, 0.25) is 0 Å². The molecule has 678 valence electrons. The molecule has 7 N–H and O–H groups in total. The van der Waals surface area contributed by atoms with E-state index in [1.165, 1.54) is 36.5 Å². The fourth-order valence-electron chi connectivity index (χ4n) is 12.4. The number of aliphatic carboxylic acids is 3. The molecule has 0 bridgehead atoms. The van der Waals surface area contributed by atoms with Crippen LogP contribution in [0.2, 0.25) is 0 Å². The van der Waals surface area contributed by atoms with E-state index in [0.717, 1.165) is 53.1 Å². The van der Waals surface area contributed by atoms with E-state index < -0.39 is 113 Å². The van der Waals surface area contributed by atoms with E-state index in [1.807, 2.05) is 142 Å². The van der Waals surface area contributed by atoms with E-state index in [2.05, 4.69) is 10.6 Å². The Labute approximate surface area is 719 Å². The van der Waals surface area contributed by atoms with Crippen molar-refractivity contribution in [3.8, 4) is 0 Å². The molecule has 0 saturated carbocycles. The first kappa shape index (κ1) is 103. The van der Waals surface area contributed by atoms with Crippen LogP contribution in [0.1, 0.15) is 131 Å². The Hall–Kier alpha value is -11.0. The molecule has 0 unspecified atom stereocenters. The quantitative estimate of drug-likeness (QED) is 0.0456. The molecule has 6 aliphatic rings. The van der Waals surface area contributed by atoms with E-state index >= 15 is 0 Å². The number of carboxylic acid groups (broad SMARTS) is 3. The van der Waals surface area contributed by atoms with Crippen molar-refractivity contribution in [2.24, 2.45) is 11.8 Å². The zero-order chi connectivity index (χ0) is 89.6. The third kappa shape index (κ3) is 38.0. The Bertz CT molecular complexity index is 3920. The lowest BCUT2D eigenvalue weighted by molar-refractivity contribution is -0.149. The highest BCUT2D eigenvalue weighted by Gasteiger charge is 2.43. The number of piperidine rings is 2. The zero-order valence-corrected chi connectivity index (χ0v) is 73.0. The van der Waals surface area contributed by atoms with Crippen LogP contribution in [0.4, 0.5) is 38.4 Å². The fourth-order valence-corrected chi connectivity index (χ4v) is 12.4. The minimum atomic E-state index is -1.20. The summed E-state index contributed by atoms with van der Waals surface area (Å²) in [6.07, 6.45) is -1.03. The summed E-state index contributed by atoms with van der Waals surface area (Å²) in [6.45, 7) is 27.3. The van der Waals surface area contributed by atoms with E-state index in [4.69, 9.17) is 58.0 Å². The molecule has 6 saturated heterocycles. The first-order chi connectivity index (χ1) is 57.1. The van der Waals surface area contributed by atoms with Crippen LogP contribution >= 0.6 is 12.4 Å². The number of benzene rings is 4. The Morgan fingerprint density at radius 3 is 1.00 bits per heavy atom. The third-order valence-corrected chi connectivity index (χ3v) is 18.6. The zero-order valence-electron chi connectivity index (χ0n) is 72.2. The van der Waals surface area contributed by atoms with E-state index in [1.54, 1.807) is 67.2 Å². The number of piperazine rings is 4. The van der Waals surface area contributed by atoms with Gasteiger partial charge in [0.05, 0.1) is 57.3 Å². The number of aliphatic hydroxyl groups is 2. The van der Waals surface area contributed by atoms with E-state index in [-0.39, 0.29) is 122 Å². The lowest BCUT2D eigenvalue weighted by Crippen LogP contribution is -2.60. The van der Waals surface area contributed by atoms with Gasteiger partial charge < -0.3 is 103 Å². The van der Waals surface area contributed by atoms with Crippen LogP contribution in [-0.2, 0) is 88.2 Å². The number of carboxylic acids is 3. The van der Waals surface area contributed by atoms with Gasteiger partial charge in [0, 0.05) is 85.1 Å². The standard InChI is InChI=1S/C19H26N2O6.C18H24N2O6.C18H26N2O5.C14H17NO4.C10H20N2O3.C6H11NO2.ClH/c1-19(2,3)27-18(24)21-11-10-20(12-15(21)16(22)25-4)17(23)26-13-14-8-6-5-7-9-14;1-18(2,3)26-17(24)20-10-9-19(11-14(20)15(21)22)16(23)25-12-13-7-5-4-6-8-13;1-18(2,3)25-17(23)20-10-9-19(11-15(20)12-21)16(22)24-13-14-7-5-4-6-8-14;16-13(17)12-7-4-8-15(9-12)14(18)19-10-11-5-2-1-3-6-11;1-10(2,3)15-9(14)12-5-4-11-6-8(12)7-13;8-6(9)5-2-1-3-7-4-5;/h5-9,15H,10-13H2,1-4H3;4-8,14H,9-12H2,1-3H3,(H,21,22);4-8,15,21H,9-13H2,1-3H3;1-3,5-6,12H,4,7-10H2,(H,16,17);8,11,13H,4-7H2,1-3H3;5,7H,1-4H2,(H,8,9);1H/t15-;14-;15-;12-;8-;5-;/m000000./s1. The van der Waals surface area contributed by atoms with Crippen LogP contribution in [0, 0.1) is 11.8 Å². The van der Waals surface area contributed by atoms with Crippen molar-refractivity contribution in [3.63, 3.8) is 0 Å². The third-order valence-electron chi connectivity index (χ3n) is 18.6. The number of nitrogens with zero attached hydrogens (tertiary/aromatic N) is 8. The molecule has 0 spiro atoms. The highest BCUT2D eigenvalue weighted by molar-refractivity contribution is 5.86. The number of ether oxygens (including phenoxy) is 9. The average Bonchev–Trinajstić information content (AvgIpc) is 0.816. The van der Waals surface area contributed by atoms with Gasteiger partial charge in [-0.15, -0.1) is 12.4 Å². The van der Waals surface area contributed by atoms with Gasteiger partial charge in [0.15, 0.2) is 12.1 Å². The van der Waals surface area contributed by atoms with Crippen molar-refractivity contribution in [3.05, 3.63) is 144 Å². The number of nitrogens with one attached hydrogen (secondary N) is 2. The molecule has 37 heteroatoms. The van der Waals surface area contributed by atoms with Gasteiger partial charge in [-0.1, -0.05) is 121 Å². The van der Waals surface area contributed by atoms with E-state index in [0.29, 0.717) is 52.1 Å². The molecular weight excluding hydrogens is 1610 g/mol. The van der Waals surface area contributed by atoms with Gasteiger partial charge in [-0.25, -0.2) is 47.9 Å². The number of methoxy groups -OCH3 is 1. The largest absolute Gasteiger partial charge is 0.481 e. The maximum Gasteiger partial charge on any atom is 0.411 e. The molecule has 8 amide bonds. The molecule has 0 aliphatic carbocycles. The van der Waals surface area contributed by atoms with E-state index in [9.17, 15) is 67.7 Å². The SMILES string of the molecule is CC(C)(C)OC(=O)N1CCN(C(=O)OCc2ccccc2)C[C@H]1C(=O)O.CC(C)(C)OC(=O)N1CCN(C(=O)OCc2ccccc2)C[C@H]1CO.CC(C)(C)OC(=O)N1CCNC[C@H]1CO.COC(=O)[C@@H]1CN(C(=O)OCc2ccccc2)CCN1C(=O)OC(C)(C)C.Cl.O=C(O)[C@H]1CCCN(C(=O)OCc2ccccc2)C1.O=C(O)[C@H]1CCCNC1. The highest BCUT2D eigenvalue weighted by atomic mass is 35.5. The van der Waals surface area contributed by atoms with Crippen molar-refractivity contribution < 1.29 is 126 Å². The molecule has 36 nitrogen and oxygen atoms in total. The van der Waals surface area contributed by atoms with Gasteiger partial charge in [-0.05, 0) is 138 Å². The number of halogens is 1. The van der Waals surface area contributed by atoms with Gasteiger partial charge >= 0.3 is 72.6 Å². The lowest BCUT2D eigenvalue weighted by atomic mass is 9.99. The summed E-state index contributed by atoms with van der Waals surface area (Å²) in [5.41, 5.74) is 1.01. The monoisotopic (exact) mass is 1740 g/mol. The molecule has 122 heavy (non-hydrogen) atoms. The predicted molar refractivity (Wildman–Crippen MR) is 447 cm³/mol. The maximum absolute atomic E-state index is 12.4. The average molecular weight is 1740 g/mol. The topological polar surface area (TPSA) is 439 Å². The summed E-state index contributed by atoms with van der Waals surface area (Å²) in [7, 11) is 1.24. The second-order valence-corrected chi connectivity index (χ2v) is 33.0. The van der Waals surface area contributed by atoms with Crippen molar-refractivity contribution in [1.82, 2.24) is 49.8 Å². The maximum atomic E-state index is 12.4. The molecular formula is C85H125ClN10O26. The fraction of sp³-hybridized carbons (Fsp3) is 0.576. The number of rotatable bonds is 14. The molecule has 6 fully saturated rings. The Balaban J connectivity index is 0.000000315. The van der Waals surface area contributed by atoms with Gasteiger partial charge in [0.25, 0.3) is 0 Å². The second kappa shape index (κ2) is 51.1. The summed E-state index contributed by atoms with van der Waals surface area (Å²) < 4.78 is 47.0. The minimum Gasteiger partial charge on any atom is -0.481 e.